The fraction of sp³-hybridized carbons (Fsp3) is 0. The number of hydrogen-bond acceptors (Lipinski definition) is 3. The molecule has 0 atom stereocenters. The number of rotatable bonds is 2. The maximum atomic E-state index is 10.6. The van der Waals surface area contributed by atoms with Gasteiger partial charge in [-0.1, -0.05) is 29.3 Å². The first-order valence-electron chi connectivity index (χ1n) is 4.43. The largest absolute Gasteiger partial charge is 0.296 e. The lowest BCUT2D eigenvalue weighted by atomic mass is 10.1. The number of nitrogens with zero attached hydrogens (tertiary/aromatic N) is 2. The molecule has 0 amide bonds. The first kappa shape index (κ1) is 11.0. The van der Waals surface area contributed by atoms with Crippen LogP contribution in [0.15, 0.2) is 30.6 Å². The minimum Gasteiger partial charge on any atom is -0.296 e. The third kappa shape index (κ3) is 2.21. The first-order chi connectivity index (χ1) is 7.70. The second-order valence-electron chi connectivity index (χ2n) is 3.07. The van der Waals surface area contributed by atoms with E-state index >= 15 is 0 Å². The first-order valence-corrected chi connectivity index (χ1v) is 5.19. The Morgan fingerprint density at radius 3 is 2.56 bits per heavy atom. The molecule has 0 N–H and O–H groups in total. The highest BCUT2D eigenvalue weighted by Crippen LogP contribution is 2.27. The molecule has 0 radical (unpaired) electrons. The van der Waals surface area contributed by atoms with Crippen LogP contribution in [0, 0.1) is 0 Å². The van der Waals surface area contributed by atoms with Crippen molar-refractivity contribution >= 4 is 29.5 Å². The molecular formula is C11H6Cl2N2O. The monoisotopic (exact) mass is 252 g/mol. The highest BCUT2D eigenvalue weighted by atomic mass is 35.5. The van der Waals surface area contributed by atoms with Crippen molar-refractivity contribution in [2.45, 2.75) is 0 Å². The van der Waals surface area contributed by atoms with Crippen molar-refractivity contribution in [3.63, 3.8) is 0 Å². The summed E-state index contributed by atoms with van der Waals surface area (Å²) in [7, 11) is 0. The number of carbonyl (C=O) groups excluding carboxylic acids is 1. The smallest absolute Gasteiger partial charge is 0.168 e. The Morgan fingerprint density at radius 2 is 1.88 bits per heavy atom. The van der Waals surface area contributed by atoms with Crippen LogP contribution in [0.5, 0.6) is 0 Å². The summed E-state index contributed by atoms with van der Waals surface area (Å²) in [4.78, 5) is 18.4. The summed E-state index contributed by atoms with van der Waals surface area (Å²) in [6.45, 7) is 0. The summed E-state index contributed by atoms with van der Waals surface area (Å²) in [5.74, 6) is 0. The van der Waals surface area contributed by atoms with Gasteiger partial charge in [0.15, 0.2) is 6.29 Å². The molecule has 0 fully saturated rings. The maximum absolute atomic E-state index is 10.6. The van der Waals surface area contributed by atoms with E-state index in [1.165, 1.54) is 6.33 Å². The SMILES string of the molecule is O=Cc1cc(-c2ccc(Cl)c(Cl)c2)ncn1. The molecule has 80 valence electrons. The third-order valence-electron chi connectivity index (χ3n) is 2.02. The standard InChI is InChI=1S/C11H6Cl2N2O/c12-9-2-1-7(3-10(9)13)11-4-8(5-16)14-6-15-11/h1-6H. The van der Waals surface area contributed by atoms with Crippen molar-refractivity contribution in [2.24, 2.45) is 0 Å². The molecule has 0 saturated carbocycles. The van der Waals surface area contributed by atoms with E-state index in [4.69, 9.17) is 23.2 Å². The Bertz CT molecular complexity index is 543. The van der Waals surface area contributed by atoms with E-state index in [1.807, 2.05) is 0 Å². The Kier molecular flexibility index (Phi) is 3.17. The fourth-order valence-corrected chi connectivity index (χ4v) is 1.55. The molecule has 2 rings (SSSR count). The predicted molar refractivity (Wildman–Crippen MR) is 62.9 cm³/mol. The van der Waals surface area contributed by atoms with Gasteiger partial charge in [-0.25, -0.2) is 9.97 Å². The molecule has 0 aliphatic rings. The summed E-state index contributed by atoms with van der Waals surface area (Å²) < 4.78 is 0. The van der Waals surface area contributed by atoms with Crippen molar-refractivity contribution in [3.05, 3.63) is 46.3 Å². The number of aromatic nitrogens is 2. The van der Waals surface area contributed by atoms with Crippen LogP contribution in [0.3, 0.4) is 0 Å². The topological polar surface area (TPSA) is 42.9 Å². The Hall–Kier alpha value is -1.45. The van der Waals surface area contributed by atoms with Crippen molar-refractivity contribution in [1.82, 2.24) is 9.97 Å². The molecule has 0 aliphatic carbocycles. The molecule has 0 unspecified atom stereocenters. The zero-order chi connectivity index (χ0) is 11.5. The van der Waals surface area contributed by atoms with Gasteiger partial charge in [0.05, 0.1) is 15.7 Å². The molecule has 0 spiro atoms. The van der Waals surface area contributed by atoms with E-state index in [9.17, 15) is 4.79 Å². The maximum Gasteiger partial charge on any atom is 0.168 e. The molecule has 2 aromatic rings. The number of carbonyl (C=O) groups is 1. The summed E-state index contributed by atoms with van der Waals surface area (Å²) in [6.07, 6.45) is 2.00. The minimum atomic E-state index is 0.330. The van der Waals surface area contributed by atoms with Crippen LogP contribution < -0.4 is 0 Å². The normalized spacial score (nSPS) is 10.1. The summed E-state index contributed by atoms with van der Waals surface area (Å²) in [6, 6.07) is 6.75. The predicted octanol–water partition coefficient (Wildman–Crippen LogP) is 3.26. The van der Waals surface area contributed by atoms with Crippen LogP contribution >= 0.6 is 23.2 Å². The second-order valence-corrected chi connectivity index (χ2v) is 3.89. The van der Waals surface area contributed by atoms with E-state index < -0.39 is 0 Å². The minimum absolute atomic E-state index is 0.330. The van der Waals surface area contributed by atoms with Crippen LogP contribution in [0.1, 0.15) is 10.5 Å². The van der Waals surface area contributed by atoms with Gasteiger partial charge in [-0.15, -0.1) is 0 Å². The zero-order valence-electron chi connectivity index (χ0n) is 8.02. The van der Waals surface area contributed by atoms with Crippen molar-refractivity contribution in [3.8, 4) is 11.3 Å². The van der Waals surface area contributed by atoms with Gasteiger partial charge in [-0.3, -0.25) is 4.79 Å². The molecule has 1 aromatic carbocycles. The lowest BCUT2D eigenvalue weighted by molar-refractivity contribution is 0.111. The van der Waals surface area contributed by atoms with Gasteiger partial charge in [0, 0.05) is 5.56 Å². The number of hydrogen-bond donors (Lipinski definition) is 0. The second kappa shape index (κ2) is 4.60. The molecule has 0 bridgehead atoms. The average Bonchev–Trinajstić information content (AvgIpc) is 2.33. The Balaban J connectivity index is 2.49. The summed E-state index contributed by atoms with van der Waals surface area (Å²) in [5.41, 5.74) is 1.76. The average molecular weight is 253 g/mol. The van der Waals surface area contributed by atoms with Crippen molar-refractivity contribution in [1.29, 1.82) is 0 Å². The highest BCUT2D eigenvalue weighted by Gasteiger charge is 2.04. The molecule has 0 saturated heterocycles. The third-order valence-corrected chi connectivity index (χ3v) is 2.76. The number of benzene rings is 1. The summed E-state index contributed by atoms with van der Waals surface area (Å²) in [5, 5.41) is 0.931. The quantitative estimate of drug-likeness (QED) is 0.771. The van der Waals surface area contributed by atoms with Crippen molar-refractivity contribution in [2.75, 3.05) is 0 Å². The fourth-order valence-electron chi connectivity index (χ4n) is 1.25. The van der Waals surface area contributed by atoms with Gasteiger partial charge in [-0.05, 0) is 18.2 Å². The van der Waals surface area contributed by atoms with Gasteiger partial charge in [0.1, 0.15) is 12.0 Å². The van der Waals surface area contributed by atoms with Gasteiger partial charge in [0.2, 0.25) is 0 Å². The van der Waals surface area contributed by atoms with E-state index in [-0.39, 0.29) is 0 Å². The lowest BCUT2D eigenvalue weighted by Crippen LogP contribution is -1.91. The van der Waals surface area contributed by atoms with Gasteiger partial charge in [-0.2, -0.15) is 0 Å². The van der Waals surface area contributed by atoms with Crippen LogP contribution in [0.4, 0.5) is 0 Å². The summed E-state index contributed by atoms with van der Waals surface area (Å²) >= 11 is 11.7. The Morgan fingerprint density at radius 1 is 1.06 bits per heavy atom. The van der Waals surface area contributed by atoms with Crippen LogP contribution in [-0.2, 0) is 0 Å². The van der Waals surface area contributed by atoms with Crippen molar-refractivity contribution < 1.29 is 4.79 Å². The molecule has 5 heteroatoms. The van der Waals surface area contributed by atoms with Gasteiger partial charge < -0.3 is 0 Å². The zero-order valence-corrected chi connectivity index (χ0v) is 9.53. The highest BCUT2D eigenvalue weighted by molar-refractivity contribution is 6.42. The van der Waals surface area contributed by atoms with E-state index in [0.717, 1.165) is 5.56 Å². The van der Waals surface area contributed by atoms with E-state index in [2.05, 4.69) is 9.97 Å². The molecule has 3 nitrogen and oxygen atoms in total. The lowest BCUT2D eigenvalue weighted by Gasteiger charge is -2.02. The van der Waals surface area contributed by atoms with Crippen LogP contribution in [-0.4, -0.2) is 16.3 Å². The van der Waals surface area contributed by atoms with E-state index in [1.54, 1.807) is 24.3 Å². The van der Waals surface area contributed by atoms with Crippen LogP contribution in [0.2, 0.25) is 10.0 Å². The van der Waals surface area contributed by atoms with Gasteiger partial charge in [0.25, 0.3) is 0 Å². The molecule has 16 heavy (non-hydrogen) atoms. The van der Waals surface area contributed by atoms with Gasteiger partial charge >= 0.3 is 0 Å². The molecule has 0 aliphatic heterocycles. The molecular weight excluding hydrogens is 247 g/mol. The number of halogens is 2. The Labute approximate surface area is 102 Å². The molecule has 1 heterocycles. The number of aldehydes is 1. The van der Waals surface area contributed by atoms with E-state index in [0.29, 0.717) is 27.7 Å². The molecule has 1 aromatic heterocycles. The van der Waals surface area contributed by atoms with Crippen LogP contribution in [0.25, 0.3) is 11.3 Å².